The summed E-state index contributed by atoms with van der Waals surface area (Å²) in [5.41, 5.74) is 7.59. The molecule has 1 aromatic rings. The molecule has 108 valence electrons. The van der Waals surface area contributed by atoms with Gasteiger partial charge in [-0.05, 0) is 31.9 Å². The van der Waals surface area contributed by atoms with Gasteiger partial charge in [0.15, 0.2) is 0 Å². The Morgan fingerprint density at radius 3 is 2.50 bits per heavy atom. The molecule has 1 fully saturated rings. The van der Waals surface area contributed by atoms with E-state index in [1.165, 1.54) is 5.56 Å². The molecule has 2 amide bonds. The Labute approximate surface area is 125 Å². The fourth-order valence-electron chi connectivity index (χ4n) is 2.58. The monoisotopic (exact) mass is 291 g/mol. The highest BCUT2D eigenvalue weighted by Crippen LogP contribution is 2.24. The topological polar surface area (TPSA) is 58.4 Å². The number of anilines is 1. The molecule has 1 saturated carbocycles. The molecule has 0 unspecified atom stereocenters. The largest absolute Gasteiger partial charge is 0.392 e. The Kier molecular flexibility index (Phi) is 4.95. The highest BCUT2D eigenvalue weighted by atomic mass is 32.1. The van der Waals surface area contributed by atoms with Crippen molar-refractivity contribution in [3.8, 4) is 0 Å². The van der Waals surface area contributed by atoms with Crippen LogP contribution in [0.15, 0.2) is 24.3 Å². The number of amides is 2. The number of benzene rings is 1. The van der Waals surface area contributed by atoms with Gasteiger partial charge in [-0.3, -0.25) is 0 Å². The molecule has 0 radical (unpaired) electrons. The normalized spacial score (nSPS) is 15.1. The maximum Gasteiger partial charge on any atom is 0.322 e. The summed E-state index contributed by atoms with van der Waals surface area (Å²) < 4.78 is 0. The SMILES string of the molecule is Cc1ccc(NC(=O)N(CC(N)=S)C2CCCC2)cc1. The summed E-state index contributed by atoms with van der Waals surface area (Å²) in [6.45, 7) is 2.36. The van der Waals surface area contributed by atoms with Crippen LogP contribution in [0.3, 0.4) is 0 Å². The molecule has 4 nitrogen and oxygen atoms in total. The van der Waals surface area contributed by atoms with Gasteiger partial charge < -0.3 is 16.0 Å². The molecule has 20 heavy (non-hydrogen) atoms. The van der Waals surface area contributed by atoms with E-state index >= 15 is 0 Å². The summed E-state index contributed by atoms with van der Waals surface area (Å²) >= 11 is 4.96. The van der Waals surface area contributed by atoms with Gasteiger partial charge in [0.2, 0.25) is 0 Å². The zero-order chi connectivity index (χ0) is 14.5. The lowest BCUT2D eigenvalue weighted by Crippen LogP contribution is -2.45. The van der Waals surface area contributed by atoms with Crippen LogP contribution in [0.5, 0.6) is 0 Å². The smallest absolute Gasteiger partial charge is 0.322 e. The van der Waals surface area contributed by atoms with E-state index in [0.29, 0.717) is 11.5 Å². The van der Waals surface area contributed by atoms with Crippen molar-refractivity contribution in [1.82, 2.24) is 4.90 Å². The number of hydrogen-bond acceptors (Lipinski definition) is 2. The molecular weight excluding hydrogens is 270 g/mol. The molecule has 0 heterocycles. The maximum atomic E-state index is 12.4. The highest BCUT2D eigenvalue weighted by Gasteiger charge is 2.27. The molecule has 0 saturated heterocycles. The highest BCUT2D eigenvalue weighted by molar-refractivity contribution is 7.80. The first kappa shape index (κ1) is 14.8. The summed E-state index contributed by atoms with van der Waals surface area (Å²) in [5.74, 6) is 0. The third-order valence-corrected chi connectivity index (χ3v) is 3.78. The van der Waals surface area contributed by atoms with Crippen LogP contribution >= 0.6 is 12.2 Å². The minimum absolute atomic E-state index is 0.117. The molecule has 2 rings (SSSR count). The van der Waals surface area contributed by atoms with Crippen molar-refractivity contribution in [1.29, 1.82) is 0 Å². The molecule has 5 heteroatoms. The molecule has 0 aliphatic heterocycles. The van der Waals surface area contributed by atoms with E-state index < -0.39 is 0 Å². The van der Waals surface area contributed by atoms with Crippen molar-refractivity contribution in [2.45, 2.75) is 38.6 Å². The number of carbonyl (C=O) groups is 1. The van der Waals surface area contributed by atoms with Gasteiger partial charge in [0.1, 0.15) is 0 Å². The van der Waals surface area contributed by atoms with E-state index in [-0.39, 0.29) is 12.1 Å². The van der Waals surface area contributed by atoms with Gasteiger partial charge in [-0.2, -0.15) is 0 Å². The lowest BCUT2D eigenvalue weighted by Gasteiger charge is -2.28. The fraction of sp³-hybridized carbons (Fsp3) is 0.467. The van der Waals surface area contributed by atoms with Crippen molar-refractivity contribution in [2.75, 3.05) is 11.9 Å². The molecule has 1 aliphatic rings. The number of nitrogens with zero attached hydrogens (tertiary/aromatic N) is 1. The third kappa shape index (κ3) is 3.93. The van der Waals surface area contributed by atoms with Gasteiger partial charge in [-0.25, -0.2) is 4.79 Å². The van der Waals surface area contributed by atoms with Crippen LogP contribution in [-0.4, -0.2) is 28.5 Å². The molecule has 1 aliphatic carbocycles. The Bertz CT molecular complexity index is 480. The molecule has 0 aromatic heterocycles. The summed E-state index contributed by atoms with van der Waals surface area (Å²) in [5, 5.41) is 2.92. The van der Waals surface area contributed by atoms with Crippen LogP contribution in [0, 0.1) is 6.92 Å². The van der Waals surface area contributed by atoms with Gasteiger partial charge in [0.05, 0.1) is 11.5 Å². The molecule has 0 bridgehead atoms. The Balaban J connectivity index is 2.05. The number of nitrogens with one attached hydrogen (secondary N) is 1. The predicted octanol–water partition coefficient (Wildman–Crippen LogP) is 3.06. The number of rotatable bonds is 4. The standard InChI is InChI=1S/C15H21N3OS/c1-11-6-8-12(9-7-11)17-15(19)18(10-14(16)20)13-4-2-3-5-13/h6-9,13H,2-5,10H2,1H3,(H2,16,20)(H,17,19). The number of thiocarbonyl (C=S) groups is 1. The van der Waals surface area contributed by atoms with E-state index in [4.69, 9.17) is 18.0 Å². The van der Waals surface area contributed by atoms with Crippen LogP contribution in [0.2, 0.25) is 0 Å². The van der Waals surface area contributed by atoms with Crippen LogP contribution < -0.4 is 11.1 Å². The summed E-state index contributed by atoms with van der Waals surface area (Å²) in [6, 6.07) is 7.89. The van der Waals surface area contributed by atoms with E-state index in [2.05, 4.69) is 5.32 Å². The molecule has 0 spiro atoms. The Morgan fingerprint density at radius 1 is 1.35 bits per heavy atom. The van der Waals surface area contributed by atoms with Crippen molar-refractivity contribution >= 4 is 28.9 Å². The summed E-state index contributed by atoms with van der Waals surface area (Å²) in [4.78, 5) is 14.6. The number of urea groups is 1. The first-order valence-electron chi connectivity index (χ1n) is 6.99. The maximum absolute atomic E-state index is 12.4. The lowest BCUT2D eigenvalue weighted by atomic mass is 10.2. The number of carbonyl (C=O) groups excluding carboxylic acids is 1. The second kappa shape index (κ2) is 6.70. The minimum atomic E-state index is -0.117. The second-order valence-electron chi connectivity index (χ2n) is 5.33. The zero-order valence-corrected chi connectivity index (χ0v) is 12.6. The van der Waals surface area contributed by atoms with E-state index in [9.17, 15) is 4.79 Å². The van der Waals surface area contributed by atoms with Crippen molar-refractivity contribution in [3.05, 3.63) is 29.8 Å². The van der Waals surface area contributed by atoms with Gasteiger partial charge >= 0.3 is 6.03 Å². The average Bonchev–Trinajstić information content (AvgIpc) is 2.92. The first-order chi connectivity index (χ1) is 9.56. The summed E-state index contributed by atoms with van der Waals surface area (Å²) in [6.07, 6.45) is 4.39. The number of aryl methyl sites for hydroxylation is 1. The van der Waals surface area contributed by atoms with Crippen LogP contribution in [0.1, 0.15) is 31.2 Å². The van der Waals surface area contributed by atoms with Crippen molar-refractivity contribution < 1.29 is 4.79 Å². The van der Waals surface area contributed by atoms with Crippen molar-refractivity contribution in [2.24, 2.45) is 5.73 Å². The first-order valence-corrected chi connectivity index (χ1v) is 7.39. The van der Waals surface area contributed by atoms with E-state index in [1.54, 1.807) is 4.90 Å². The quantitative estimate of drug-likeness (QED) is 0.838. The zero-order valence-electron chi connectivity index (χ0n) is 11.8. The van der Waals surface area contributed by atoms with Crippen LogP contribution in [-0.2, 0) is 0 Å². The van der Waals surface area contributed by atoms with E-state index in [0.717, 1.165) is 31.4 Å². The van der Waals surface area contributed by atoms with Crippen LogP contribution in [0.25, 0.3) is 0 Å². The summed E-state index contributed by atoms with van der Waals surface area (Å²) in [7, 11) is 0. The number of hydrogen-bond donors (Lipinski definition) is 2. The van der Waals surface area contributed by atoms with Crippen molar-refractivity contribution in [3.63, 3.8) is 0 Å². The van der Waals surface area contributed by atoms with Crippen LogP contribution in [0.4, 0.5) is 10.5 Å². The Hall–Kier alpha value is -1.62. The Morgan fingerprint density at radius 2 is 1.95 bits per heavy atom. The van der Waals surface area contributed by atoms with E-state index in [1.807, 2.05) is 31.2 Å². The lowest BCUT2D eigenvalue weighted by molar-refractivity contribution is 0.199. The number of nitrogens with two attached hydrogens (primary N) is 1. The molecular formula is C15H21N3OS. The second-order valence-corrected chi connectivity index (χ2v) is 5.85. The minimum Gasteiger partial charge on any atom is -0.392 e. The molecule has 0 atom stereocenters. The van der Waals surface area contributed by atoms with Gasteiger partial charge in [-0.15, -0.1) is 0 Å². The van der Waals surface area contributed by atoms with Gasteiger partial charge in [0, 0.05) is 11.7 Å². The third-order valence-electron chi connectivity index (χ3n) is 3.66. The van der Waals surface area contributed by atoms with Gasteiger partial charge in [-0.1, -0.05) is 42.8 Å². The van der Waals surface area contributed by atoms with Gasteiger partial charge in [0.25, 0.3) is 0 Å². The predicted molar refractivity (Wildman–Crippen MR) is 85.9 cm³/mol. The average molecular weight is 291 g/mol. The fourth-order valence-corrected chi connectivity index (χ4v) is 2.72. The molecule has 1 aromatic carbocycles. The molecule has 3 N–H and O–H groups in total.